The average Bonchev–Trinajstić information content (AvgIpc) is 2.28. The van der Waals surface area contributed by atoms with Gasteiger partial charge in [-0.3, -0.25) is 0 Å². The number of nitrogen functional groups attached to an aromatic ring is 1. The van der Waals surface area contributed by atoms with Crippen molar-refractivity contribution in [3.05, 3.63) is 52.3 Å². The second-order valence-corrected chi connectivity index (χ2v) is 4.65. The van der Waals surface area contributed by atoms with Crippen molar-refractivity contribution in [2.75, 3.05) is 5.73 Å². The third-order valence-corrected chi connectivity index (χ3v) is 3.04. The Morgan fingerprint density at radius 3 is 2.28 bits per heavy atom. The first-order chi connectivity index (χ1) is 8.49. The number of carbonyl (C=O) groups is 1. The number of halogens is 2. The van der Waals surface area contributed by atoms with Gasteiger partial charge in [0.2, 0.25) is 0 Å². The fraction of sp³-hybridized carbons (Fsp3) is 0. The summed E-state index contributed by atoms with van der Waals surface area (Å²) in [6, 6.07) is 9.83. The summed E-state index contributed by atoms with van der Waals surface area (Å²) >= 11 is 3.30. The molecule has 18 heavy (non-hydrogen) atoms. The fourth-order valence-corrected chi connectivity index (χ4v) is 1.93. The third kappa shape index (κ3) is 2.36. The number of carboxylic acids is 1. The number of hydrogen-bond acceptors (Lipinski definition) is 2. The van der Waals surface area contributed by atoms with Crippen molar-refractivity contribution in [2.24, 2.45) is 0 Å². The van der Waals surface area contributed by atoms with Gasteiger partial charge in [0, 0.05) is 10.2 Å². The van der Waals surface area contributed by atoms with E-state index in [0.717, 1.165) is 10.0 Å². The molecule has 0 bridgehead atoms. The standard InChI is InChI=1S/C13H9BrFNO2/c14-9-3-1-7(2-4-9)8-5-10(15)12(13(17)18)11(16)6-8/h1-6H,16H2,(H,17,18). The van der Waals surface area contributed by atoms with Gasteiger partial charge in [0.15, 0.2) is 0 Å². The fourth-order valence-electron chi connectivity index (χ4n) is 1.66. The summed E-state index contributed by atoms with van der Waals surface area (Å²) < 4.78 is 14.6. The van der Waals surface area contributed by atoms with E-state index in [-0.39, 0.29) is 5.69 Å². The van der Waals surface area contributed by atoms with Crippen LogP contribution in [0.25, 0.3) is 11.1 Å². The molecule has 2 aromatic rings. The lowest BCUT2D eigenvalue weighted by Gasteiger charge is -2.07. The second kappa shape index (κ2) is 4.78. The van der Waals surface area contributed by atoms with E-state index in [4.69, 9.17) is 10.8 Å². The molecule has 0 aliphatic carbocycles. The Kier molecular flexibility index (Phi) is 3.34. The van der Waals surface area contributed by atoms with Crippen LogP contribution in [0.3, 0.4) is 0 Å². The maximum absolute atomic E-state index is 13.7. The van der Waals surface area contributed by atoms with Crippen molar-refractivity contribution in [1.82, 2.24) is 0 Å². The minimum atomic E-state index is -1.37. The first-order valence-electron chi connectivity index (χ1n) is 5.07. The molecule has 0 unspecified atom stereocenters. The number of anilines is 1. The Bertz CT molecular complexity index is 588. The lowest BCUT2D eigenvalue weighted by atomic mass is 10.0. The van der Waals surface area contributed by atoms with Gasteiger partial charge in [-0.05, 0) is 35.4 Å². The molecular formula is C13H9BrFNO2. The summed E-state index contributed by atoms with van der Waals surface area (Å²) in [6.07, 6.45) is 0. The molecule has 0 atom stereocenters. The van der Waals surface area contributed by atoms with E-state index in [1.54, 1.807) is 12.1 Å². The number of aromatic carboxylic acids is 1. The van der Waals surface area contributed by atoms with Crippen LogP contribution in [0, 0.1) is 5.82 Å². The Balaban J connectivity index is 2.54. The first-order valence-corrected chi connectivity index (χ1v) is 5.86. The SMILES string of the molecule is Nc1cc(-c2ccc(Br)cc2)cc(F)c1C(=O)O. The van der Waals surface area contributed by atoms with Gasteiger partial charge in [0.25, 0.3) is 0 Å². The van der Waals surface area contributed by atoms with Gasteiger partial charge in [-0.25, -0.2) is 9.18 Å². The normalized spacial score (nSPS) is 10.3. The molecule has 0 heterocycles. The molecule has 0 aliphatic heterocycles. The van der Waals surface area contributed by atoms with Crippen molar-refractivity contribution in [3.63, 3.8) is 0 Å². The molecular weight excluding hydrogens is 301 g/mol. The Hall–Kier alpha value is -1.88. The van der Waals surface area contributed by atoms with Crippen LogP contribution in [-0.2, 0) is 0 Å². The van der Waals surface area contributed by atoms with Crippen molar-refractivity contribution in [3.8, 4) is 11.1 Å². The molecule has 2 rings (SSSR count). The van der Waals surface area contributed by atoms with E-state index < -0.39 is 17.3 Å². The summed E-state index contributed by atoms with van der Waals surface area (Å²) in [5.41, 5.74) is 6.30. The summed E-state index contributed by atoms with van der Waals surface area (Å²) in [4.78, 5) is 10.8. The number of hydrogen-bond donors (Lipinski definition) is 2. The average molecular weight is 310 g/mol. The predicted molar refractivity (Wildman–Crippen MR) is 70.9 cm³/mol. The summed E-state index contributed by atoms with van der Waals surface area (Å²) in [5.74, 6) is -2.20. The van der Waals surface area contributed by atoms with Gasteiger partial charge in [-0.1, -0.05) is 28.1 Å². The maximum atomic E-state index is 13.7. The third-order valence-electron chi connectivity index (χ3n) is 2.51. The molecule has 0 aromatic heterocycles. The van der Waals surface area contributed by atoms with Crippen LogP contribution in [0.2, 0.25) is 0 Å². The van der Waals surface area contributed by atoms with E-state index in [9.17, 15) is 9.18 Å². The van der Waals surface area contributed by atoms with Crippen LogP contribution in [0.1, 0.15) is 10.4 Å². The molecule has 0 radical (unpaired) electrons. The van der Waals surface area contributed by atoms with E-state index in [1.165, 1.54) is 12.1 Å². The van der Waals surface area contributed by atoms with Crippen LogP contribution < -0.4 is 5.73 Å². The lowest BCUT2D eigenvalue weighted by molar-refractivity contribution is 0.0693. The topological polar surface area (TPSA) is 63.3 Å². The van der Waals surface area contributed by atoms with Crippen LogP contribution >= 0.6 is 15.9 Å². The maximum Gasteiger partial charge on any atom is 0.340 e. The van der Waals surface area contributed by atoms with Crippen LogP contribution in [0.5, 0.6) is 0 Å². The monoisotopic (exact) mass is 309 g/mol. The predicted octanol–water partition coefficient (Wildman–Crippen LogP) is 3.54. The molecule has 0 saturated carbocycles. The van der Waals surface area contributed by atoms with Gasteiger partial charge in [-0.2, -0.15) is 0 Å². The highest BCUT2D eigenvalue weighted by Gasteiger charge is 2.16. The molecule has 3 nitrogen and oxygen atoms in total. The summed E-state index contributed by atoms with van der Waals surface area (Å²) in [6.45, 7) is 0. The van der Waals surface area contributed by atoms with Gasteiger partial charge >= 0.3 is 5.97 Å². The van der Waals surface area contributed by atoms with Crippen molar-refractivity contribution < 1.29 is 14.3 Å². The van der Waals surface area contributed by atoms with E-state index >= 15 is 0 Å². The van der Waals surface area contributed by atoms with Gasteiger partial charge in [-0.15, -0.1) is 0 Å². The zero-order valence-corrected chi connectivity index (χ0v) is 10.7. The van der Waals surface area contributed by atoms with Crippen LogP contribution in [-0.4, -0.2) is 11.1 Å². The Morgan fingerprint density at radius 1 is 1.17 bits per heavy atom. The molecule has 3 N–H and O–H groups in total. The first kappa shape index (κ1) is 12.6. The quantitative estimate of drug-likeness (QED) is 0.834. The highest BCUT2D eigenvalue weighted by molar-refractivity contribution is 9.10. The molecule has 92 valence electrons. The van der Waals surface area contributed by atoms with Crippen molar-refractivity contribution in [1.29, 1.82) is 0 Å². The highest BCUT2D eigenvalue weighted by Crippen LogP contribution is 2.27. The zero-order chi connectivity index (χ0) is 13.3. The molecule has 0 fully saturated rings. The smallest absolute Gasteiger partial charge is 0.340 e. The van der Waals surface area contributed by atoms with E-state index in [1.807, 2.05) is 12.1 Å². The van der Waals surface area contributed by atoms with E-state index in [2.05, 4.69) is 15.9 Å². The Labute approximate surface area is 111 Å². The molecule has 5 heteroatoms. The van der Waals surface area contributed by atoms with Crippen molar-refractivity contribution >= 4 is 27.6 Å². The highest BCUT2D eigenvalue weighted by atomic mass is 79.9. The molecule has 0 aliphatic rings. The number of carboxylic acid groups (broad SMARTS) is 1. The largest absolute Gasteiger partial charge is 0.478 e. The van der Waals surface area contributed by atoms with Gasteiger partial charge < -0.3 is 10.8 Å². The minimum Gasteiger partial charge on any atom is -0.478 e. The van der Waals surface area contributed by atoms with Crippen LogP contribution in [0.15, 0.2) is 40.9 Å². The molecule has 0 amide bonds. The number of benzene rings is 2. The molecule has 0 saturated heterocycles. The minimum absolute atomic E-state index is 0.0829. The lowest BCUT2D eigenvalue weighted by Crippen LogP contribution is -2.06. The zero-order valence-electron chi connectivity index (χ0n) is 9.15. The molecule has 2 aromatic carbocycles. The number of rotatable bonds is 2. The van der Waals surface area contributed by atoms with Crippen LogP contribution in [0.4, 0.5) is 10.1 Å². The van der Waals surface area contributed by atoms with Gasteiger partial charge in [0.1, 0.15) is 11.4 Å². The summed E-state index contributed by atoms with van der Waals surface area (Å²) in [7, 11) is 0. The van der Waals surface area contributed by atoms with E-state index in [0.29, 0.717) is 5.56 Å². The molecule has 0 spiro atoms. The number of nitrogens with two attached hydrogens (primary N) is 1. The summed E-state index contributed by atoms with van der Waals surface area (Å²) in [5, 5.41) is 8.82. The van der Waals surface area contributed by atoms with Gasteiger partial charge in [0.05, 0.1) is 0 Å². The Morgan fingerprint density at radius 2 is 1.78 bits per heavy atom. The van der Waals surface area contributed by atoms with Crippen molar-refractivity contribution in [2.45, 2.75) is 0 Å². The second-order valence-electron chi connectivity index (χ2n) is 3.73.